The second-order valence-corrected chi connectivity index (χ2v) is 2.26. The van der Waals surface area contributed by atoms with Crippen LogP contribution in [0.3, 0.4) is 0 Å². The van der Waals surface area contributed by atoms with Crippen LogP contribution in [0.15, 0.2) is 0 Å². The predicted octanol–water partition coefficient (Wildman–Crippen LogP) is -0.831. The number of hydrogen-bond acceptors (Lipinski definition) is 3. The number of aliphatic carboxylic acids is 1. The van der Waals surface area contributed by atoms with Crippen molar-refractivity contribution in [2.24, 2.45) is 5.73 Å². The Labute approximate surface area is 53.3 Å². The third-order valence-corrected chi connectivity index (χ3v) is 1.33. The van der Waals surface area contributed by atoms with Gasteiger partial charge in [0.15, 0.2) is 0 Å². The summed E-state index contributed by atoms with van der Waals surface area (Å²) in [6, 6.07) is 0. The molecule has 0 aromatic rings. The first-order valence-electron chi connectivity index (χ1n) is 2.59. The largest absolute Gasteiger partial charge is 0.480 e. The highest BCUT2D eigenvalue weighted by Gasteiger charge is 2.33. The van der Waals surface area contributed by atoms with Crippen LogP contribution in [0.5, 0.6) is 0 Å². The summed E-state index contributed by atoms with van der Waals surface area (Å²) in [5, 5.41) is 17.1. The number of carboxylic acids is 1. The second-order valence-electron chi connectivity index (χ2n) is 2.26. The molecule has 0 aliphatic heterocycles. The van der Waals surface area contributed by atoms with Gasteiger partial charge < -0.3 is 15.9 Å². The van der Waals surface area contributed by atoms with Gasteiger partial charge in [-0.15, -0.1) is 0 Å². The van der Waals surface area contributed by atoms with E-state index in [1.165, 1.54) is 13.8 Å². The van der Waals surface area contributed by atoms with Crippen molar-refractivity contribution in [3.05, 3.63) is 0 Å². The van der Waals surface area contributed by atoms with Crippen molar-refractivity contribution < 1.29 is 15.0 Å². The summed E-state index contributed by atoms with van der Waals surface area (Å²) < 4.78 is 0. The van der Waals surface area contributed by atoms with Gasteiger partial charge in [0.1, 0.15) is 5.54 Å². The summed E-state index contributed by atoms with van der Waals surface area (Å²) in [7, 11) is 0. The molecular weight excluding hydrogens is 122 g/mol. The second kappa shape index (κ2) is 2.33. The van der Waals surface area contributed by atoms with Crippen molar-refractivity contribution in [2.75, 3.05) is 0 Å². The molecule has 2 atom stereocenters. The average molecular weight is 133 g/mol. The van der Waals surface area contributed by atoms with Gasteiger partial charge in [-0.25, -0.2) is 0 Å². The lowest BCUT2D eigenvalue weighted by molar-refractivity contribution is -0.146. The van der Waals surface area contributed by atoms with E-state index < -0.39 is 17.6 Å². The summed E-state index contributed by atoms with van der Waals surface area (Å²) in [5.74, 6) is -1.20. The Balaban J connectivity index is 4.19. The zero-order chi connectivity index (χ0) is 7.65. The monoisotopic (exact) mass is 133 g/mol. The smallest absolute Gasteiger partial charge is 0.326 e. The van der Waals surface area contributed by atoms with Gasteiger partial charge in [0, 0.05) is 0 Å². The molecule has 0 saturated carbocycles. The molecule has 0 heterocycles. The molecule has 0 radical (unpaired) electrons. The maximum Gasteiger partial charge on any atom is 0.326 e. The van der Waals surface area contributed by atoms with E-state index in [0.29, 0.717) is 0 Å². The lowest BCUT2D eigenvalue weighted by atomic mass is 9.98. The van der Waals surface area contributed by atoms with Crippen LogP contribution in [0.4, 0.5) is 0 Å². The van der Waals surface area contributed by atoms with E-state index >= 15 is 0 Å². The molecule has 0 rings (SSSR count). The first-order chi connectivity index (χ1) is 3.89. The molecule has 9 heavy (non-hydrogen) atoms. The summed E-state index contributed by atoms with van der Waals surface area (Å²) in [6.07, 6.45) is -1.03. The summed E-state index contributed by atoms with van der Waals surface area (Å²) in [4.78, 5) is 10.2. The number of hydrogen-bond donors (Lipinski definition) is 3. The first-order valence-corrected chi connectivity index (χ1v) is 2.59. The highest BCUT2D eigenvalue weighted by Crippen LogP contribution is 2.04. The third kappa shape index (κ3) is 1.65. The molecule has 0 aliphatic carbocycles. The van der Waals surface area contributed by atoms with Gasteiger partial charge >= 0.3 is 5.97 Å². The van der Waals surface area contributed by atoms with Gasteiger partial charge in [0.25, 0.3) is 0 Å². The highest BCUT2D eigenvalue weighted by molar-refractivity contribution is 5.78. The molecule has 54 valence electrons. The number of rotatable bonds is 2. The van der Waals surface area contributed by atoms with Crippen LogP contribution < -0.4 is 5.73 Å². The molecule has 0 aromatic carbocycles. The SMILES string of the molecule is CC(O)[C@@](C)(N)C(=O)O. The third-order valence-electron chi connectivity index (χ3n) is 1.33. The first kappa shape index (κ1) is 8.39. The Bertz CT molecular complexity index is 119. The van der Waals surface area contributed by atoms with Crippen LogP contribution in [0.25, 0.3) is 0 Å². The molecule has 0 amide bonds. The molecule has 0 saturated heterocycles. The lowest BCUT2D eigenvalue weighted by Gasteiger charge is -2.21. The molecule has 1 unspecified atom stereocenters. The quantitative estimate of drug-likeness (QED) is 0.459. The zero-order valence-corrected chi connectivity index (χ0v) is 5.46. The van der Waals surface area contributed by atoms with Gasteiger partial charge in [-0.2, -0.15) is 0 Å². The minimum absolute atomic E-state index is 1.03. The van der Waals surface area contributed by atoms with Crippen LogP contribution in [0, 0.1) is 0 Å². The van der Waals surface area contributed by atoms with Crippen molar-refractivity contribution in [2.45, 2.75) is 25.5 Å². The molecule has 0 aromatic heterocycles. The molecule has 0 fully saturated rings. The molecule has 4 heteroatoms. The molecule has 0 spiro atoms. The normalized spacial score (nSPS) is 20.4. The maximum atomic E-state index is 10.2. The Kier molecular flexibility index (Phi) is 2.17. The van der Waals surface area contributed by atoms with Crippen molar-refractivity contribution in [3.8, 4) is 0 Å². The predicted molar refractivity (Wildman–Crippen MR) is 31.9 cm³/mol. The topological polar surface area (TPSA) is 83.5 Å². The number of aliphatic hydroxyl groups excluding tert-OH is 1. The fraction of sp³-hybridized carbons (Fsp3) is 0.800. The number of nitrogens with two attached hydrogens (primary N) is 1. The van der Waals surface area contributed by atoms with Crippen LogP contribution in [-0.2, 0) is 4.79 Å². The summed E-state index contributed by atoms with van der Waals surface area (Å²) >= 11 is 0. The van der Waals surface area contributed by atoms with E-state index in [-0.39, 0.29) is 0 Å². The fourth-order valence-electron chi connectivity index (χ4n) is 0.179. The Morgan fingerprint density at radius 1 is 1.78 bits per heavy atom. The van der Waals surface area contributed by atoms with E-state index in [9.17, 15) is 4.79 Å². The summed E-state index contributed by atoms with van der Waals surface area (Å²) in [6.45, 7) is 2.61. The van der Waals surface area contributed by atoms with Gasteiger partial charge in [-0.05, 0) is 13.8 Å². The van der Waals surface area contributed by atoms with Crippen LogP contribution >= 0.6 is 0 Å². The van der Waals surface area contributed by atoms with Gasteiger partial charge in [0.05, 0.1) is 6.10 Å². The standard InChI is InChI=1S/C5H11NO3/c1-3(7)5(2,6)4(8)9/h3,7H,6H2,1-2H3,(H,8,9)/t3?,5-/m1/s1. The van der Waals surface area contributed by atoms with Crippen molar-refractivity contribution >= 4 is 5.97 Å². The minimum atomic E-state index is -1.53. The highest BCUT2D eigenvalue weighted by atomic mass is 16.4. The van der Waals surface area contributed by atoms with E-state index in [2.05, 4.69) is 0 Å². The maximum absolute atomic E-state index is 10.2. The van der Waals surface area contributed by atoms with Gasteiger partial charge in [-0.1, -0.05) is 0 Å². The Morgan fingerprint density at radius 3 is 2.11 bits per heavy atom. The van der Waals surface area contributed by atoms with E-state index in [1.54, 1.807) is 0 Å². The van der Waals surface area contributed by atoms with Crippen LogP contribution in [0.1, 0.15) is 13.8 Å². The van der Waals surface area contributed by atoms with Crippen molar-refractivity contribution in [1.82, 2.24) is 0 Å². The van der Waals surface area contributed by atoms with E-state index in [4.69, 9.17) is 15.9 Å². The van der Waals surface area contributed by atoms with Crippen LogP contribution in [0.2, 0.25) is 0 Å². The fourth-order valence-corrected chi connectivity index (χ4v) is 0.179. The number of aliphatic hydroxyl groups is 1. The van der Waals surface area contributed by atoms with E-state index in [0.717, 1.165) is 0 Å². The Morgan fingerprint density at radius 2 is 2.11 bits per heavy atom. The lowest BCUT2D eigenvalue weighted by Crippen LogP contribution is -2.53. The molecule has 4 N–H and O–H groups in total. The van der Waals surface area contributed by atoms with Gasteiger partial charge in [-0.3, -0.25) is 4.79 Å². The minimum Gasteiger partial charge on any atom is -0.480 e. The zero-order valence-electron chi connectivity index (χ0n) is 5.46. The number of carbonyl (C=O) groups is 1. The van der Waals surface area contributed by atoms with Crippen molar-refractivity contribution in [3.63, 3.8) is 0 Å². The number of carboxylic acid groups (broad SMARTS) is 1. The van der Waals surface area contributed by atoms with E-state index in [1.807, 2.05) is 0 Å². The molecule has 0 bridgehead atoms. The molecular formula is C5H11NO3. The van der Waals surface area contributed by atoms with Crippen LogP contribution in [-0.4, -0.2) is 27.8 Å². The summed E-state index contributed by atoms with van der Waals surface area (Å²) in [5.41, 5.74) is 3.62. The molecule has 4 nitrogen and oxygen atoms in total. The Hall–Kier alpha value is -0.610. The van der Waals surface area contributed by atoms with Gasteiger partial charge in [0.2, 0.25) is 0 Å². The molecule has 0 aliphatic rings. The van der Waals surface area contributed by atoms with Crippen molar-refractivity contribution in [1.29, 1.82) is 0 Å². The average Bonchev–Trinajstić information content (AvgIpc) is 1.65.